The van der Waals surface area contributed by atoms with E-state index < -0.39 is 0 Å². The summed E-state index contributed by atoms with van der Waals surface area (Å²) in [5, 5.41) is 0. The zero-order chi connectivity index (χ0) is 10.2. The number of benzene rings is 1. The number of rotatable bonds is 4. The second-order valence-corrected chi connectivity index (χ2v) is 3.09. The van der Waals surface area contributed by atoms with Gasteiger partial charge in [-0.1, -0.05) is 42.0 Å². The highest BCUT2D eigenvalue weighted by atomic mass is 16.1. The van der Waals surface area contributed by atoms with Gasteiger partial charge in [0.05, 0.1) is 6.54 Å². The molecule has 0 bridgehead atoms. The lowest BCUT2D eigenvalue weighted by Crippen LogP contribution is -1.81. The molecular weight excluding hydrogens is 174 g/mol. The van der Waals surface area contributed by atoms with E-state index in [1.165, 1.54) is 17.2 Å². The summed E-state index contributed by atoms with van der Waals surface area (Å²) in [6.07, 6.45) is 6.25. The number of carbonyl (C=O) groups excluding carboxylic acids is 1. The number of hydrogen-bond acceptors (Lipinski definition) is 2. The molecule has 0 aliphatic heterocycles. The molecule has 0 N–H and O–H groups in total. The van der Waals surface area contributed by atoms with Gasteiger partial charge in [-0.25, -0.2) is 9.79 Å². The third-order valence-electron chi connectivity index (χ3n) is 1.90. The van der Waals surface area contributed by atoms with E-state index in [4.69, 9.17) is 0 Å². The predicted molar refractivity (Wildman–Crippen MR) is 57.0 cm³/mol. The van der Waals surface area contributed by atoms with Crippen molar-refractivity contribution in [2.75, 3.05) is 6.54 Å². The van der Waals surface area contributed by atoms with Gasteiger partial charge in [0, 0.05) is 0 Å². The molecule has 0 fully saturated rings. The summed E-state index contributed by atoms with van der Waals surface area (Å²) in [4.78, 5) is 13.2. The van der Waals surface area contributed by atoms with Crippen LogP contribution in [-0.2, 0) is 11.2 Å². The first-order chi connectivity index (χ1) is 6.83. The number of nitrogens with zero attached hydrogens (tertiary/aromatic N) is 1. The summed E-state index contributed by atoms with van der Waals surface area (Å²) in [5.41, 5.74) is 2.53. The first-order valence-electron chi connectivity index (χ1n) is 4.57. The van der Waals surface area contributed by atoms with E-state index >= 15 is 0 Å². The van der Waals surface area contributed by atoms with Crippen molar-refractivity contribution in [2.24, 2.45) is 4.99 Å². The molecule has 2 heteroatoms. The third kappa shape index (κ3) is 3.83. The highest BCUT2D eigenvalue weighted by Crippen LogP contribution is 2.04. The van der Waals surface area contributed by atoms with E-state index in [-0.39, 0.29) is 0 Å². The lowest BCUT2D eigenvalue weighted by atomic mass is 10.1. The largest absolute Gasteiger partial charge is 0.235 e. The van der Waals surface area contributed by atoms with E-state index in [2.05, 4.69) is 36.2 Å². The van der Waals surface area contributed by atoms with Gasteiger partial charge in [-0.2, -0.15) is 0 Å². The number of isocyanates is 1. The Hall–Kier alpha value is -1.66. The second-order valence-electron chi connectivity index (χ2n) is 3.09. The highest BCUT2D eigenvalue weighted by molar-refractivity contribution is 5.33. The fourth-order valence-corrected chi connectivity index (χ4v) is 1.11. The van der Waals surface area contributed by atoms with Crippen LogP contribution in [0.5, 0.6) is 0 Å². The minimum Gasteiger partial charge on any atom is -0.211 e. The zero-order valence-electron chi connectivity index (χ0n) is 8.23. The van der Waals surface area contributed by atoms with Crippen LogP contribution in [0.1, 0.15) is 11.1 Å². The van der Waals surface area contributed by atoms with Crippen molar-refractivity contribution in [1.29, 1.82) is 0 Å². The molecule has 72 valence electrons. The minimum absolute atomic E-state index is 0.426. The number of aliphatic imine (C=N–C) groups is 1. The Labute approximate surface area is 84.0 Å². The van der Waals surface area contributed by atoms with Crippen LogP contribution in [0.3, 0.4) is 0 Å². The molecule has 2 nitrogen and oxygen atoms in total. The maximum absolute atomic E-state index is 9.75. The molecule has 0 unspecified atom stereocenters. The van der Waals surface area contributed by atoms with Crippen molar-refractivity contribution in [2.45, 2.75) is 13.3 Å². The Morgan fingerprint density at radius 2 is 2.00 bits per heavy atom. The Kier molecular flexibility index (Phi) is 4.39. The van der Waals surface area contributed by atoms with Gasteiger partial charge in [0.2, 0.25) is 6.08 Å². The van der Waals surface area contributed by atoms with Gasteiger partial charge in [0.15, 0.2) is 0 Å². The van der Waals surface area contributed by atoms with Crippen molar-refractivity contribution in [3.63, 3.8) is 0 Å². The zero-order valence-corrected chi connectivity index (χ0v) is 8.23. The van der Waals surface area contributed by atoms with Crippen molar-refractivity contribution in [1.82, 2.24) is 0 Å². The Bertz CT molecular complexity index is 345. The van der Waals surface area contributed by atoms with Gasteiger partial charge in [0.25, 0.3) is 0 Å². The summed E-state index contributed by atoms with van der Waals surface area (Å²) in [6, 6.07) is 8.38. The van der Waals surface area contributed by atoms with Crippen molar-refractivity contribution in [3.05, 3.63) is 47.5 Å². The maximum atomic E-state index is 9.75. The average molecular weight is 187 g/mol. The van der Waals surface area contributed by atoms with E-state index in [9.17, 15) is 4.79 Å². The van der Waals surface area contributed by atoms with Crippen LogP contribution in [0.15, 0.2) is 41.4 Å². The van der Waals surface area contributed by atoms with Gasteiger partial charge in [-0.3, -0.25) is 0 Å². The SMILES string of the molecule is Cc1ccc(C/C=C\CN=C=O)cc1. The van der Waals surface area contributed by atoms with Gasteiger partial charge in [-0.05, 0) is 18.9 Å². The standard InChI is InChI=1S/C12H13NO/c1-11-5-7-12(8-6-11)4-2-3-9-13-10-14/h2-3,5-8H,4,9H2,1H3/b3-2-. The summed E-state index contributed by atoms with van der Waals surface area (Å²) in [7, 11) is 0. The molecule has 1 aromatic carbocycles. The van der Waals surface area contributed by atoms with Crippen LogP contribution < -0.4 is 0 Å². The monoisotopic (exact) mass is 187 g/mol. The molecule has 0 atom stereocenters. The molecule has 0 aliphatic carbocycles. The average Bonchev–Trinajstić information content (AvgIpc) is 2.21. The number of hydrogen-bond donors (Lipinski definition) is 0. The van der Waals surface area contributed by atoms with Crippen molar-refractivity contribution < 1.29 is 4.79 Å². The lowest BCUT2D eigenvalue weighted by molar-refractivity contribution is 0.564. The summed E-state index contributed by atoms with van der Waals surface area (Å²) in [6.45, 7) is 2.49. The van der Waals surface area contributed by atoms with Crippen LogP contribution in [0, 0.1) is 6.92 Å². The molecule has 0 aromatic heterocycles. The highest BCUT2D eigenvalue weighted by Gasteiger charge is 1.87. The van der Waals surface area contributed by atoms with Gasteiger partial charge in [0.1, 0.15) is 0 Å². The van der Waals surface area contributed by atoms with Crippen LogP contribution in [0.4, 0.5) is 0 Å². The summed E-state index contributed by atoms with van der Waals surface area (Å²) < 4.78 is 0. The van der Waals surface area contributed by atoms with Crippen molar-refractivity contribution in [3.8, 4) is 0 Å². The minimum atomic E-state index is 0.426. The first-order valence-corrected chi connectivity index (χ1v) is 4.57. The normalized spacial score (nSPS) is 10.1. The van der Waals surface area contributed by atoms with E-state index in [0.29, 0.717) is 6.54 Å². The Balaban J connectivity index is 2.41. The molecule has 0 heterocycles. The number of allylic oxidation sites excluding steroid dienone is 1. The molecule has 1 aromatic rings. The van der Waals surface area contributed by atoms with E-state index in [1.807, 2.05) is 12.2 Å². The summed E-state index contributed by atoms with van der Waals surface area (Å²) >= 11 is 0. The quantitative estimate of drug-likeness (QED) is 0.404. The van der Waals surface area contributed by atoms with Crippen molar-refractivity contribution >= 4 is 6.08 Å². The van der Waals surface area contributed by atoms with Gasteiger partial charge >= 0.3 is 0 Å². The topological polar surface area (TPSA) is 29.4 Å². The third-order valence-corrected chi connectivity index (χ3v) is 1.90. The fourth-order valence-electron chi connectivity index (χ4n) is 1.11. The van der Waals surface area contributed by atoms with Gasteiger partial charge in [-0.15, -0.1) is 0 Å². The lowest BCUT2D eigenvalue weighted by Gasteiger charge is -1.96. The molecule has 0 radical (unpaired) electrons. The number of aryl methyl sites for hydroxylation is 1. The smallest absolute Gasteiger partial charge is 0.211 e. The predicted octanol–water partition coefficient (Wildman–Crippen LogP) is 2.43. The second kappa shape index (κ2) is 5.90. The molecule has 1 rings (SSSR count). The maximum Gasteiger partial charge on any atom is 0.235 e. The molecular formula is C12H13NO. The van der Waals surface area contributed by atoms with E-state index in [0.717, 1.165) is 6.42 Å². The molecule has 14 heavy (non-hydrogen) atoms. The molecule has 0 spiro atoms. The fraction of sp³-hybridized carbons (Fsp3) is 0.250. The first kappa shape index (κ1) is 10.4. The molecule has 0 amide bonds. The molecule has 0 aliphatic rings. The Morgan fingerprint density at radius 3 is 2.64 bits per heavy atom. The van der Waals surface area contributed by atoms with Crippen LogP contribution in [0.25, 0.3) is 0 Å². The van der Waals surface area contributed by atoms with E-state index in [1.54, 1.807) is 0 Å². The summed E-state index contributed by atoms with van der Waals surface area (Å²) in [5.74, 6) is 0. The van der Waals surface area contributed by atoms with Crippen LogP contribution >= 0.6 is 0 Å². The Morgan fingerprint density at radius 1 is 1.29 bits per heavy atom. The van der Waals surface area contributed by atoms with Crippen LogP contribution in [0.2, 0.25) is 0 Å². The van der Waals surface area contributed by atoms with Gasteiger partial charge < -0.3 is 0 Å². The molecule has 0 saturated heterocycles. The van der Waals surface area contributed by atoms with Crippen LogP contribution in [-0.4, -0.2) is 12.6 Å². The molecule has 0 saturated carbocycles.